The number of halogens is 1. The molecule has 60 valence electrons. The van der Waals surface area contributed by atoms with Gasteiger partial charge >= 0.3 is 0 Å². The van der Waals surface area contributed by atoms with E-state index in [1.54, 1.807) is 7.11 Å². The number of methoxy groups -OCH3 is 1. The van der Waals surface area contributed by atoms with Crippen molar-refractivity contribution in [2.45, 2.75) is 6.42 Å². The van der Waals surface area contributed by atoms with Gasteiger partial charge in [0.1, 0.15) is 0 Å². The quantitative estimate of drug-likeness (QED) is 0.457. The van der Waals surface area contributed by atoms with E-state index in [4.69, 9.17) is 16.3 Å². The topological polar surface area (TPSA) is 38.3 Å². The van der Waals surface area contributed by atoms with Crippen molar-refractivity contribution >= 4 is 16.8 Å². The van der Waals surface area contributed by atoms with Crippen LogP contribution in [0.5, 0.6) is 0 Å². The maximum atomic E-state index is 10.1. The molecule has 0 aromatic carbocycles. The zero-order chi connectivity index (χ0) is 7.82. The van der Waals surface area contributed by atoms with E-state index in [1.807, 2.05) is 0 Å². The Morgan fingerprint density at radius 3 is 2.90 bits per heavy atom. The highest BCUT2D eigenvalue weighted by molar-refractivity contribution is 6.64. The average Bonchev–Trinajstić information content (AvgIpc) is 1.87. The zero-order valence-electron chi connectivity index (χ0n) is 6.02. The molecule has 0 aromatic rings. The fraction of sp³-hybridized carbons (Fsp3) is 0.833. The van der Waals surface area contributed by atoms with Crippen molar-refractivity contribution in [3.63, 3.8) is 0 Å². The van der Waals surface area contributed by atoms with Crippen LogP contribution in [-0.2, 0) is 9.53 Å². The molecular weight excluding hydrogens is 154 g/mol. The standard InChI is InChI=1S/C6H12ClNO2/c1-10-4-2-3-8-5-6(7)9/h8H,2-5H2,1H3. The Kier molecular flexibility index (Phi) is 6.91. The van der Waals surface area contributed by atoms with Gasteiger partial charge in [0, 0.05) is 13.7 Å². The molecule has 0 radical (unpaired) electrons. The predicted octanol–water partition coefficient (Wildman–Crippen LogP) is 0.378. The first kappa shape index (κ1) is 9.88. The molecule has 0 bridgehead atoms. The van der Waals surface area contributed by atoms with E-state index >= 15 is 0 Å². The third-order valence-electron chi connectivity index (χ3n) is 0.966. The second-order valence-corrected chi connectivity index (χ2v) is 2.30. The molecule has 10 heavy (non-hydrogen) atoms. The highest BCUT2D eigenvalue weighted by Crippen LogP contribution is 1.78. The molecule has 0 atom stereocenters. The van der Waals surface area contributed by atoms with Crippen LogP contribution in [-0.4, -0.2) is 32.0 Å². The van der Waals surface area contributed by atoms with Crippen LogP contribution in [0, 0.1) is 0 Å². The second-order valence-electron chi connectivity index (χ2n) is 1.88. The number of ether oxygens (including phenoxy) is 1. The smallest absolute Gasteiger partial charge is 0.235 e. The van der Waals surface area contributed by atoms with E-state index in [1.165, 1.54) is 0 Å². The number of nitrogens with one attached hydrogen (secondary N) is 1. The lowest BCUT2D eigenvalue weighted by Crippen LogP contribution is -2.21. The Hall–Kier alpha value is -0.120. The molecule has 1 N–H and O–H groups in total. The van der Waals surface area contributed by atoms with Crippen LogP contribution in [0.1, 0.15) is 6.42 Å². The highest BCUT2D eigenvalue weighted by atomic mass is 35.5. The molecule has 0 aliphatic carbocycles. The summed E-state index contributed by atoms with van der Waals surface area (Å²) in [5.74, 6) is 0. The first-order valence-corrected chi connectivity index (χ1v) is 3.53. The summed E-state index contributed by atoms with van der Waals surface area (Å²) >= 11 is 5.06. The molecule has 0 amide bonds. The Balaban J connectivity index is 2.84. The summed E-state index contributed by atoms with van der Waals surface area (Å²) in [4.78, 5) is 10.1. The minimum atomic E-state index is -0.350. The minimum Gasteiger partial charge on any atom is -0.385 e. The fourth-order valence-electron chi connectivity index (χ4n) is 0.528. The molecule has 0 saturated heterocycles. The molecule has 0 unspecified atom stereocenters. The predicted molar refractivity (Wildman–Crippen MR) is 40.2 cm³/mol. The van der Waals surface area contributed by atoms with E-state index in [2.05, 4.69) is 5.32 Å². The van der Waals surface area contributed by atoms with Crippen LogP contribution in [0.15, 0.2) is 0 Å². The monoisotopic (exact) mass is 165 g/mol. The Morgan fingerprint density at radius 1 is 1.70 bits per heavy atom. The summed E-state index contributed by atoms with van der Waals surface area (Å²) in [5.41, 5.74) is 0. The summed E-state index contributed by atoms with van der Waals surface area (Å²) in [6.45, 7) is 1.72. The minimum absolute atomic E-state index is 0.241. The largest absolute Gasteiger partial charge is 0.385 e. The van der Waals surface area contributed by atoms with Gasteiger partial charge in [0.15, 0.2) is 0 Å². The molecule has 0 fully saturated rings. The van der Waals surface area contributed by atoms with Gasteiger partial charge in [-0.1, -0.05) is 0 Å². The Bertz CT molecular complexity index is 97.7. The summed E-state index contributed by atoms with van der Waals surface area (Å²) in [6.07, 6.45) is 0.903. The molecule has 3 nitrogen and oxygen atoms in total. The zero-order valence-corrected chi connectivity index (χ0v) is 6.78. The third-order valence-corrected chi connectivity index (χ3v) is 1.10. The van der Waals surface area contributed by atoms with Crippen LogP contribution in [0.3, 0.4) is 0 Å². The van der Waals surface area contributed by atoms with E-state index in [-0.39, 0.29) is 11.8 Å². The molecule has 0 aliphatic rings. The molecule has 0 aliphatic heterocycles. The highest BCUT2D eigenvalue weighted by Gasteiger charge is 1.92. The van der Waals surface area contributed by atoms with Crippen molar-refractivity contribution in [1.29, 1.82) is 0 Å². The van der Waals surface area contributed by atoms with Gasteiger partial charge in [-0.15, -0.1) is 0 Å². The molecule has 0 heterocycles. The van der Waals surface area contributed by atoms with Crippen LogP contribution in [0.25, 0.3) is 0 Å². The van der Waals surface area contributed by atoms with Gasteiger partial charge in [0.2, 0.25) is 5.24 Å². The number of hydrogen-bond donors (Lipinski definition) is 1. The van der Waals surface area contributed by atoms with E-state index in [0.717, 1.165) is 13.0 Å². The summed E-state index contributed by atoms with van der Waals surface area (Å²) in [5, 5.41) is 2.51. The van der Waals surface area contributed by atoms with E-state index in [0.29, 0.717) is 6.61 Å². The Labute approximate surface area is 65.7 Å². The second kappa shape index (κ2) is 6.99. The lowest BCUT2D eigenvalue weighted by molar-refractivity contribution is -0.110. The molecule has 0 saturated carbocycles. The molecule has 0 spiro atoms. The van der Waals surface area contributed by atoms with Crippen molar-refractivity contribution in [2.75, 3.05) is 26.8 Å². The van der Waals surface area contributed by atoms with Crippen LogP contribution >= 0.6 is 11.6 Å². The van der Waals surface area contributed by atoms with Gasteiger partial charge in [0.05, 0.1) is 6.54 Å². The average molecular weight is 166 g/mol. The number of hydrogen-bond acceptors (Lipinski definition) is 3. The number of carbonyl (C=O) groups excluding carboxylic acids is 1. The van der Waals surface area contributed by atoms with Gasteiger partial charge in [-0.2, -0.15) is 0 Å². The lowest BCUT2D eigenvalue weighted by Gasteiger charge is -1.99. The first-order valence-electron chi connectivity index (χ1n) is 3.15. The van der Waals surface area contributed by atoms with E-state index in [9.17, 15) is 4.79 Å². The van der Waals surface area contributed by atoms with Gasteiger partial charge < -0.3 is 10.1 Å². The summed E-state index contributed by atoms with van der Waals surface area (Å²) in [6, 6.07) is 0. The van der Waals surface area contributed by atoms with Crippen molar-refractivity contribution in [2.24, 2.45) is 0 Å². The number of carbonyl (C=O) groups is 1. The molecular formula is C6H12ClNO2. The summed E-state index contributed by atoms with van der Waals surface area (Å²) in [7, 11) is 1.65. The number of rotatable bonds is 6. The van der Waals surface area contributed by atoms with Crippen LogP contribution in [0.2, 0.25) is 0 Å². The SMILES string of the molecule is COCCCNCC(=O)Cl. The van der Waals surface area contributed by atoms with Crippen molar-refractivity contribution in [3.8, 4) is 0 Å². The third kappa shape index (κ3) is 7.88. The molecule has 0 rings (SSSR count). The molecule has 0 aromatic heterocycles. The lowest BCUT2D eigenvalue weighted by atomic mass is 10.4. The van der Waals surface area contributed by atoms with Gasteiger partial charge in [-0.05, 0) is 24.6 Å². The van der Waals surface area contributed by atoms with Crippen molar-refractivity contribution in [3.05, 3.63) is 0 Å². The normalized spacial score (nSPS) is 9.80. The summed E-state index contributed by atoms with van der Waals surface area (Å²) < 4.78 is 4.79. The maximum absolute atomic E-state index is 10.1. The van der Waals surface area contributed by atoms with Crippen LogP contribution in [0.4, 0.5) is 0 Å². The van der Waals surface area contributed by atoms with Crippen molar-refractivity contribution < 1.29 is 9.53 Å². The molecule has 4 heteroatoms. The van der Waals surface area contributed by atoms with E-state index < -0.39 is 0 Å². The fourth-order valence-corrected chi connectivity index (χ4v) is 0.623. The van der Waals surface area contributed by atoms with Crippen LogP contribution < -0.4 is 5.32 Å². The van der Waals surface area contributed by atoms with Crippen molar-refractivity contribution in [1.82, 2.24) is 5.32 Å². The first-order chi connectivity index (χ1) is 4.77. The van der Waals surface area contributed by atoms with Gasteiger partial charge in [-0.25, -0.2) is 0 Å². The maximum Gasteiger partial charge on any atom is 0.235 e. The Morgan fingerprint density at radius 2 is 2.40 bits per heavy atom. The van der Waals surface area contributed by atoms with Gasteiger partial charge in [-0.3, -0.25) is 4.79 Å². The van der Waals surface area contributed by atoms with Gasteiger partial charge in [0.25, 0.3) is 0 Å².